The summed E-state index contributed by atoms with van der Waals surface area (Å²) in [5.74, 6) is 2.49. The molecule has 1 aromatic carbocycles. The summed E-state index contributed by atoms with van der Waals surface area (Å²) in [6, 6.07) is 11.5. The van der Waals surface area contributed by atoms with Gasteiger partial charge in [0.1, 0.15) is 0 Å². The van der Waals surface area contributed by atoms with Gasteiger partial charge in [0.05, 0.1) is 0 Å². The van der Waals surface area contributed by atoms with Gasteiger partial charge in [-0.25, -0.2) is 0 Å². The molecule has 2 atom stereocenters. The zero-order valence-corrected chi connectivity index (χ0v) is 12.3. The Morgan fingerprint density at radius 1 is 1.20 bits per heavy atom. The van der Waals surface area contributed by atoms with Crippen molar-refractivity contribution in [3.8, 4) is 0 Å². The van der Waals surface area contributed by atoms with E-state index in [1.165, 1.54) is 37.7 Å². The second-order valence-corrected chi connectivity index (χ2v) is 6.09. The van der Waals surface area contributed by atoms with Crippen LogP contribution in [0.2, 0.25) is 0 Å². The molecule has 0 spiro atoms. The zero-order valence-electron chi connectivity index (χ0n) is 12.3. The summed E-state index contributed by atoms with van der Waals surface area (Å²) in [5.41, 5.74) is 1.48. The lowest BCUT2D eigenvalue weighted by molar-refractivity contribution is 0.607. The number of nitrogens with one attached hydrogen (secondary N) is 2. The minimum absolute atomic E-state index is 0.630. The normalized spacial score (nSPS) is 26.6. The van der Waals surface area contributed by atoms with Gasteiger partial charge in [-0.2, -0.15) is 0 Å². The van der Waals surface area contributed by atoms with Crippen molar-refractivity contribution in [3.63, 3.8) is 0 Å². The molecule has 0 aliphatic heterocycles. The molecule has 108 valence electrons. The third kappa shape index (κ3) is 3.33. The van der Waals surface area contributed by atoms with Gasteiger partial charge >= 0.3 is 0 Å². The molecule has 2 unspecified atom stereocenters. The molecule has 2 aliphatic carbocycles. The van der Waals surface area contributed by atoms with E-state index < -0.39 is 0 Å². The third-order valence-corrected chi connectivity index (χ3v) is 4.60. The Bertz CT molecular complexity index is 449. The van der Waals surface area contributed by atoms with Gasteiger partial charge in [-0.3, -0.25) is 4.99 Å². The van der Waals surface area contributed by atoms with Crippen LogP contribution in [-0.4, -0.2) is 25.6 Å². The van der Waals surface area contributed by atoms with E-state index in [2.05, 4.69) is 46.0 Å². The lowest BCUT2D eigenvalue weighted by Gasteiger charge is -2.16. The van der Waals surface area contributed by atoms with Crippen LogP contribution in [0.4, 0.5) is 0 Å². The van der Waals surface area contributed by atoms with E-state index in [0.717, 1.165) is 24.3 Å². The highest BCUT2D eigenvalue weighted by Crippen LogP contribution is 2.46. The average Bonchev–Trinajstić information content (AvgIpc) is 3.10. The fraction of sp³-hybridized carbons (Fsp3) is 0.588. The summed E-state index contributed by atoms with van der Waals surface area (Å²) < 4.78 is 0. The van der Waals surface area contributed by atoms with Crippen LogP contribution in [0, 0.1) is 5.92 Å². The van der Waals surface area contributed by atoms with E-state index in [0.29, 0.717) is 6.04 Å². The first kappa shape index (κ1) is 13.5. The minimum atomic E-state index is 0.630. The molecule has 1 aromatic rings. The first-order valence-corrected chi connectivity index (χ1v) is 7.89. The lowest BCUT2D eigenvalue weighted by Crippen LogP contribution is -2.43. The van der Waals surface area contributed by atoms with Crippen LogP contribution in [0.5, 0.6) is 0 Å². The van der Waals surface area contributed by atoms with Crippen LogP contribution in [0.1, 0.15) is 43.6 Å². The standard InChI is InChI=1S/C17H25N3/c1-18-17(20-15-9-5-6-10-15)19-12-14-11-16(14)13-7-3-2-4-8-13/h2-4,7-8,14-16H,5-6,9-12H2,1H3,(H2,18,19,20). The summed E-state index contributed by atoms with van der Waals surface area (Å²) in [6.07, 6.45) is 6.59. The topological polar surface area (TPSA) is 36.4 Å². The van der Waals surface area contributed by atoms with Crippen molar-refractivity contribution < 1.29 is 0 Å². The molecule has 2 saturated carbocycles. The van der Waals surface area contributed by atoms with E-state index in [9.17, 15) is 0 Å². The molecule has 2 fully saturated rings. The summed E-state index contributed by atoms with van der Waals surface area (Å²) in [7, 11) is 1.87. The second kappa shape index (κ2) is 6.29. The van der Waals surface area contributed by atoms with Crippen molar-refractivity contribution in [1.82, 2.24) is 10.6 Å². The lowest BCUT2D eigenvalue weighted by atomic mass is 10.1. The van der Waals surface area contributed by atoms with Crippen LogP contribution in [0.15, 0.2) is 35.3 Å². The SMILES string of the molecule is CN=C(NCC1CC1c1ccccc1)NC1CCCC1. The molecule has 0 radical (unpaired) electrons. The predicted octanol–water partition coefficient (Wildman–Crippen LogP) is 2.90. The van der Waals surface area contributed by atoms with Gasteiger partial charge in [0, 0.05) is 19.6 Å². The van der Waals surface area contributed by atoms with Crippen molar-refractivity contribution in [2.75, 3.05) is 13.6 Å². The third-order valence-electron chi connectivity index (χ3n) is 4.60. The summed E-state index contributed by atoms with van der Waals surface area (Å²) >= 11 is 0. The van der Waals surface area contributed by atoms with Crippen molar-refractivity contribution in [2.24, 2.45) is 10.9 Å². The van der Waals surface area contributed by atoms with E-state index in [4.69, 9.17) is 0 Å². The monoisotopic (exact) mass is 271 g/mol. The fourth-order valence-electron chi connectivity index (χ4n) is 3.27. The van der Waals surface area contributed by atoms with E-state index in [-0.39, 0.29) is 0 Å². The highest BCUT2D eigenvalue weighted by Gasteiger charge is 2.37. The van der Waals surface area contributed by atoms with Crippen molar-refractivity contribution >= 4 is 5.96 Å². The van der Waals surface area contributed by atoms with E-state index >= 15 is 0 Å². The van der Waals surface area contributed by atoms with Crippen molar-refractivity contribution in [2.45, 2.75) is 44.1 Å². The molecule has 2 aliphatic rings. The molecule has 3 heteroatoms. The molecule has 3 rings (SSSR count). The second-order valence-electron chi connectivity index (χ2n) is 6.09. The van der Waals surface area contributed by atoms with Gasteiger partial charge in [0.15, 0.2) is 5.96 Å². The Morgan fingerprint density at radius 2 is 1.95 bits per heavy atom. The number of aliphatic imine (C=N–C) groups is 1. The van der Waals surface area contributed by atoms with Crippen LogP contribution >= 0.6 is 0 Å². The predicted molar refractivity (Wildman–Crippen MR) is 84.0 cm³/mol. The number of guanidine groups is 1. The summed E-state index contributed by atoms with van der Waals surface area (Å²) in [6.45, 7) is 1.03. The number of hydrogen-bond donors (Lipinski definition) is 2. The maximum absolute atomic E-state index is 4.34. The summed E-state index contributed by atoms with van der Waals surface area (Å²) in [4.78, 5) is 4.34. The first-order chi connectivity index (χ1) is 9.86. The van der Waals surface area contributed by atoms with Crippen molar-refractivity contribution in [1.29, 1.82) is 0 Å². The largest absolute Gasteiger partial charge is 0.356 e. The van der Waals surface area contributed by atoms with Crippen LogP contribution in [0.25, 0.3) is 0 Å². The Balaban J connectivity index is 1.43. The van der Waals surface area contributed by atoms with Gasteiger partial charge in [-0.05, 0) is 36.7 Å². The van der Waals surface area contributed by atoms with E-state index in [1.54, 1.807) is 0 Å². The maximum Gasteiger partial charge on any atom is 0.191 e. The molecule has 0 aromatic heterocycles. The molecular formula is C17H25N3. The van der Waals surface area contributed by atoms with Gasteiger partial charge in [0.25, 0.3) is 0 Å². The molecule has 3 nitrogen and oxygen atoms in total. The molecular weight excluding hydrogens is 246 g/mol. The number of hydrogen-bond acceptors (Lipinski definition) is 1. The van der Waals surface area contributed by atoms with Crippen LogP contribution < -0.4 is 10.6 Å². The zero-order chi connectivity index (χ0) is 13.8. The Hall–Kier alpha value is -1.51. The molecule has 0 saturated heterocycles. The number of rotatable bonds is 4. The molecule has 2 N–H and O–H groups in total. The molecule has 20 heavy (non-hydrogen) atoms. The first-order valence-electron chi connectivity index (χ1n) is 7.89. The van der Waals surface area contributed by atoms with Crippen LogP contribution in [0.3, 0.4) is 0 Å². The minimum Gasteiger partial charge on any atom is -0.356 e. The van der Waals surface area contributed by atoms with Gasteiger partial charge in [-0.15, -0.1) is 0 Å². The fourth-order valence-corrected chi connectivity index (χ4v) is 3.27. The average molecular weight is 271 g/mol. The molecule has 0 bridgehead atoms. The number of nitrogens with zero attached hydrogens (tertiary/aromatic N) is 1. The quantitative estimate of drug-likeness (QED) is 0.652. The molecule has 0 amide bonds. The van der Waals surface area contributed by atoms with Gasteiger partial charge < -0.3 is 10.6 Å². The Kier molecular flexibility index (Phi) is 4.24. The van der Waals surface area contributed by atoms with Crippen LogP contribution in [-0.2, 0) is 0 Å². The van der Waals surface area contributed by atoms with Gasteiger partial charge in [-0.1, -0.05) is 43.2 Å². The highest BCUT2D eigenvalue weighted by atomic mass is 15.2. The van der Waals surface area contributed by atoms with Gasteiger partial charge in [0.2, 0.25) is 0 Å². The van der Waals surface area contributed by atoms with Crippen molar-refractivity contribution in [3.05, 3.63) is 35.9 Å². The van der Waals surface area contributed by atoms with E-state index in [1.807, 2.05) is 7.05 Å². The number of benzene rings is 1. The Labute approximate surface area is 121 Å². The summed E-state index contributed by atoms with van der Waals surface area (Å²) in [5, 5.41) is 7.04. The smallest absolute Gasteiger partial charge is 0.191 e. The maximum atomic E-state index is 4.34. The highest BCUT2D eigenvalue weighted by molar-refractivity contribution is 5.80. The Morgan fingerprint density at radius 3 is 2.65 bits per heavy atom. The molecule has 0 heterocycles.